The fourth-order valence-corrected chi connectivity index (χ4v) is 3.48. The molecule has 0 unspecified atom stereocenters. The van der Waals surface area contributed by atoms with Crippen molar-refractivity contribution in [2.75, 3.05) is 11.9 Å². The molecule has 0 bridgehead atoms. The zero-order chi connectivity index (χ0) is 20.5. The number of hydrogen-bond acceptors (Lipinski definition) is 3. The Morgan fingerprint density at radius 3 is 2.29 bits per heavy atom. The van der Waals surface area contributed by atoms with Gasteiger partial charge in [-0.1, -0.05) is 57.2 Å². The third kappa shape index (κ3) is 4.14. The molecule has 28 heavy (non-hydrogen) atoms. The number of fused-ring (bicyclic) bond motifs is 1. The molecule has 0 radical (unpaired) electrons. The highest BCUT2D eigenvalue weighted by Gasteiger charge is 2.28. The second kappa shape index (κ2) is 7.58. The molecule has 1 aliphatic heterocycles. The lowest BCUT2D eigenvalue weighted by atomic mass is 9.86. The van der Waals surface area contributed by atoms with Crippen LogP contribution in [0.5, 0.6) is 0 Å². The lowest BCUT2D eigenvalue weighted by Gasteiger charge is -2.29. The standard InChI is InChI=1S/C23H26N2O3/c1-15(26)24-20-7-5-6-17-14-25(13-12-19(17)20)22(28)21(27)16-8-10-18(11-9-16)23(2,3)4/h5-11H,12-14H2,1-4H3,(H,24,26). The molecule has 146 valence electrons. The van der Waals surface area contributed by atoms with E-state index in [1.54, 1.807) is 17.0 Å². The van der Waals surface area contributed by atoms with E-state index in [1.807, 2.05) is 30.3 Å². The summed E-state index contributed by atoms with van der Waals surface area (Å²) >= 11 is 0. The fraction of sp³-hybridized carbons (Fsp3) is 0.348. The second-order valence-electron chi connectivity index (χ2n) is 8.26. The number of Topliss-reactive ketones (excluding diaryl/α,β-unsaturated/α-hetero) is 1. The molecular formula is C23H26N2O3. The van der Waals surface area contributed by atoms with E-state index in [1.165, 1.54) is 6.92 Å². The molecule has 1 aliphatic rings. The average molecular weight is 378 g/mol. The quantitative estimate of drug-likeness (QED) is 0.654. The maximum atomic E-state index is 12.8. The molecule has 1 heterocycles. The molecule has 0 aliphatic carbocycles. The SMILES string of the molecule is CC(=O)Nc1cccc2c1CCN(C(=O)C(=O)c1ccc(C(C)(C)C)cc1)C2. The topological polar surface area (TPSA) is 66.5 Å². The highest BCUT2D eigenvalue weighted by atomic mass is 16.2. The van der Waals surface area contributed by atoms with Crippen molar-refractivity contribution in [1.82, 2.24) is 4.90 Å². The molecule has 2 amide bonds. The Kier molecular flexibility index (Phi) is 5.36. The van der Waals surface area contributed by atoms with Crippen molar-refractivity contribution in [2.24, 2.45) is 0 Å². The van der Waals surface area contributed by atoms with E-state index in [0.717, 1.165) is 22.4 Å². The lowest BCUT2D eigenvalue weighted by Crippen LogP contribution is -2.40. The van der Waals surface area contributed by atoms with Crippen LogP contribution in [-0.4, -0.2) is 29.0 Å². The number of anilines is 1. The number of nitrogens with one attached hydrogen (secondary N) is 1. The van der Waals surface area contributed by atoms with Gasteiger partial charge in [0.1, 0.15) is 0 Å². The predicted molar refractivity (Wildman–Crippen MR) is 109 cm³/mol. The van der Waals surface area contributed by atoms with Crippen molar-refractivity contribution >= 4 is 23.3 Å². The zero-order valence-corrected chi connectivity index (χ0v) is 16.8. The molecule has 0 saturated carbocycles. The van der Waals surface area contributed by atoms with Gasteiger partial charge in [-0.05, 0) is 34.6 Å². The summed E-state index contributed by atoms with van der Waals surface area (Å²) in [6.45, 7) is 8.61. The predicted octanol–water partition coefficient (Wildman–Crippen LogP) is 3.71. The Bertz CT molecular complexity index is 924. The minimum Gasteiger partial charge on any atom is -0.331 e. The van der Waals surface area contributed by atoms with Crippen molar-refractivity contribution in [3.8, 4) is 0 Å². The van der Waals surface area contributed by atoms with Gasteiger partial charge in [0.15, 0.2) is 0 Å². The maximum absolute atomic E-state index is 12.8. The van der Waals surface area contributed by atoms with Gasteiger partial charge in [-0.3, -0.25) is 14.4 Å². The van der Waals surface area contributed by atoms with Gasteiger partial charge in [0.2, 0.25) is 11.7 Å². The van der Waals surface area contributed by atoms with Gasteiger partial charge in [-0.25, -0.2) is 0 Å². The normalized spacial score (nSPS) is 13.6. The molecule has 0 saturated heterocycles. The minimum absolute atomic E-state index is 0.00617. The number of carbonyl (C=O) groups excluding carboxylic acids is 3. The van der Waals surface area contributed by atoms with E-state index in [2.05, 4.69) is 26.1 Å². The summed E-state index contributed by atoms with van der Waals surface area (Å²) in [6.07, 6.45) is 0.605. The van der Waals surface area contributed by atoms with Crippen LogP contribution < -0.4 is 5.32 Å². The third-order valence-corrected chi connectivity index (χ3v) is 5.07. The first-order chi connectivity index (χ1) is 13.2. The van der Waals surface area contributed by atoms with Gasteiger partial charge in [-0.15, -0.1) is 0 Å². The Morgan fingerprint density at radius 2 is 1.68 bits per heavy atom. The summed E-state index contributed by atoms with van der Waals surface area (Å²) < 4.78 is 0. The van der Waals surface area contributed by atoms with Gasteiger partial charge >= 0.3 is 0 Å². The molecular weight excluding hydrogens is 352 g/mol. The zero-order valence-electron chi connectivity index (χ0n) is 16.8. The smallest absolute Gasteiger partial charge is 0.295 e. The summed E-state index contributed by atoms with van der Waals surface area (Å²) in [7, 11) is 0. The van der Waals surface area contributed by atoms with Crippen molar-refractivity contribution in [2.45, 2.75) is 46.1 Å². The van der Waals surface area contributed by atoms with E-state index in [9.17, 15) is 14.4 Å². The minimum atomic E-state index is -0.487. The second-order valence-corrected chi connectivity index (χ2v) is 8.26. The number of amides is 2. The van der Waals surface area contributed by atoms with Gasteiger partial charge in [0.05, 0.1) is 0 Å². The van der Waals surface area contributed by atoms with Crippen LogP contribution in [0.1, 0.15) is 54.7 Å². The first-order valence-corrected chi connectivity index (χ1v) is 9.49. The summed E-state index contributed by atoms with van der Waals surface area (Å²) in [4.78, 5) is 38.4. The molecule has 2 aromatic carbocycles. The molecule has 0 fully saturated rings. The highest BCUT2D eigenvalue weighted by Crippen LogP contribution is 2.27. The van der Waals surface area contributed by atoms with Crippen LogP contribution >= 0.6 is 0 Å². The van der Waals surface area contributed by atoms with Gasteiger partial charge in [-0.2, -0.15) is 0 Å². The molecule has 0 atom stereocenters. The largest absolute Gasteiger partial charge is 0.331 e. The number of benzene rings is 2. The van der Waals surface area contributed by atoms with Crippen molar-refractivity contribution in [3.05, 3.63) is 64.7 Å². The van der Waals surface area contributed by atoms with Crippen LogP contribution in [0.2, 0.25) is 0 Å². The maximum Gasteiger partial charge on any atom is 0.295 e. The van der Waals surface area contributed by atoms with Crippen LogP contribution in [0.4, 0.5) is 5.69 Å². The Hall–Kier alpha value is -2.95. The summed E-state index contributed by atoms with van der Waals surface area (Å²) in [6, 6.07) is 12.9. The molecule has 5 heteroatoms. The van der Waals surface area contributed by atoms with E-state index in [0.29, 0.717) is 25.1 Å². The van der Waals surface area contributed by atoms with Crippen LogP contribution in [0, 0.1) is 0 Å². The Balaban J connectivity index is 1.76. The first-order valence-electron chi connectivity index (χ1n) is 9.49. The van der Waals surface area contributed by atoms with Crippen LogP contribution in [0.3, 0.4) is 0 Å². The molecule has 2 aromatic rings. The summed E-state index contributed by atoms with van der Waals surface area (Å²) in [5, 5.41) is 2.83. The van der Waals surface area contributed by atoms with Crippen LogP contribution in [0.15, 0.2) is 42.5 Å². The number of nitrogens with zero attached hydrogens (tertiary/aromatic N) is 1. The molecule has 0 spiro atoms. The summed E-state index contributed by atoms with van der Waals surface area (Å²) in [5.74, 6) is -1.10. The Morgan fingerprint density at radius 1 is 1.00 bits per heavy atom. The highest BCUT2D eigenvalue weighted by molar-refractivity contribution is 6.42. The monoisotopic (exact) mass is 378 g/mol. The average Bonchev–Trinajstić information content (AvgIpc) is 2.65. The molecule has 5 nitrogen and oxygen atoms in total. The van der Waals surface area contributed by atoms with E-state index in [4.69, 9.17) is 0 Å². The van der Waals surface area contributed by atoms with Gasteiger partial charge in [0, 0.05) is 31.3 Å². The van der Waals surface area contributed by atoms with Crippen molar-refractivity contribution in [3.63, 3.8) is 0 Å². The van der Waals surface area contributed by atoms with E-state index in [-0.39, 0.29) is 11.3 Å². The van der Waals surface area contributed by atoms with Gasteiger partial charge < -0.3 is 10.2 Å². The Labute approximate surface area is 165 Å². The summed E-state index contributed by atoms with van der Waals surface area (Å²) in [5.41, 5.74) is 4.30. The number of hydrogen-bond donors (Lipinski definition) is 1. The van der Waals surface area contributed by atoms with Crippen molar-refractivity contribution in [1.29, 1.82) is 0 Å². The third-order valence-electron chi connectivity index (χ3n) is 5.07. The van der Waals surface area contributed by atoms with E-state index < -0.39 is 11.7 Å². The number of rotatable bonds is 3. The number of ketones is 1. The fourth-order valence-electron chi connectivity index (χ4n) is 3.48. The van der Waals surface area contributed by atoms with Crippen molar-refractivity contribution < 1.29 is 14.4 Å². The lowest BCUT2D eigenvalue weighted by molar-refractivity contribution is -0.127. The van der Waals surface area contributed by atoms with Crippen LogP contribution in [-0.2, 0) is 28.0 Å². The van der Waals surface area contributed by atoms with Gasteiger partial charge in [0.25, 0.3) is 5.91 Å². The molecule has 3 rings (SSSR count). The first kappa shape index (κ1) is 19.8. The number of carbonyl (C=O) groups is 3. The van der Waals surface area contributed by atoms with E-state index >= 15 is 0 Å². The molecule has 1 N–H and O–H groups in total. The van der Waals surface area contributed by atoms with Crippen LogP contribution in [0.25, 0.3) is 0 Å². The molecule has 0 aromatic heterocycles.